The van der Waals surface area contributed by atoms with Gasteiger partial charge in [-0.3, -0.25) is 15.0 Å². The molecular weight excluding hydrogens is 1100 g/mol. The molecule has 1 radical (unpaired) electrons. The molecule has 2 aliphatic carbocycles. The van der Waals surface area contributed by atoms with Crippen LogP contribution in [-0.2, 0) is 32.9 Å². The van der Waals surface area contributed by atoms with Crippen LogP contribution < -0.4 is 5.19 Å². The largest absolute Gasteiger partial charge is 0.455 e. The number of rotatable bonds is 11. The van der Waals surface area contributed by atoms with Gasteiger partial charge in [-0.15, -0.1) is 0 Å². The third-order valence-electron chi connectivity index (χ3n) is 15.2. The maximum absolute atomic E-state index is 6.45. The summed E-state index contributed by atoms with van der Waals surface area (Å²) in [6, 6.07) is 65.8. The molecule has 4 aromatic heterocycles. The molecule has 2 aliphatic rings. The second-order valence-corrected chi connectivity index (χ2v) is 26.4. The fourth-order valence-electron chi connectivity index (χ4n) is 11.3. The first-order valence-corrected chi connectivity index (χ1v) is 30.3. The van der Waals surface area contributed by atoms with Crippen LogP contribution in [0.5, 0.6) is 0 Å². The topological polar surface area (TPSA) is 51.8 Å². The molecule has 1 unspecified atom stereocenters. The minimum atomic E-state index is -1.34. The van der Waals surface area contributed by atoms with Crippen LogP contribution >= 0.6 is 0 Å². The maximum Gasteiger partial charge on any atom is 0.144 e. The first kappa shape index (κ1) is 52.3. The van der Waals surface area contributed by atoms with Crippen molar-refractivity contribution in [2.45, 2.75) is 96.7 Å². The van der Waals surface area contributed by atoms with Gasteiger partial charge in [-0.1, -0.05) is 224 Å². The van der Waals surface area contributed by atoms with Gasteiger partial charge in [-0.2, -0.15) is 0 Å². The van der Waals surface area contributed by atoms with Crippen molar-refractivity contribution in [2.75, 3.05) is 0 Å². The molecule has 6 heteroatoms. The standard InChI is InChI=1S/C31H23NO.C20H27NSi.C17H19N.Ir/c1-21(22-10-4-2-5-11-22)24-18-19-32-28(20-24)26-15-8-16-27-30-25(23-12-6-3-7-13-23)14-9-17-29(30)33-31(26)27;1-22(2,3)20-15-21-19(17-11-5-4-6-12-17)14-18(20)13-16-9-7-8-10-16;1-2-8-16(9-3-1)17-13-15(10-11-18-17)12-14-6-4-5-7-14;/h2-21H,1H3;4-6,11-12,14-16H,7-10,13H2,1-3H3;1-3,8-11,13-14H,4-7,12H2;. The summed E-state index contributed by atoms with van der Waals surface area (Å²) in [6.45, 7) is 9.54. The van der Waals surface area contributed by atoms with Gasteiger partial charge in [0.05, 0.1) is 25.2 Å². The van der Waals surface area contributed by atoms with Crippen LogP contribution in [0, 0.1) is 11.8 Å². The predicted molar refractivity (Wildman–Crippen MR) is 310 cm³/mol. The Labute approximate surface area is 454 Å². The summed E-state index contributed by atoms with van der Waals surface area (Å²) in [6.07, 6.45) is 19.8. The molecule has 2 fully saturated rings. The molecule has 10 aromatic rings. The van der Waals surface area contributed by atoms with E-state index in [2.05, 4.69) is 208 Å². The van der Waals surface area contributed by atoms with E-state index in [1.165, 1.54) is 103 Å². The van der Waals surface area contributed by atoms with Crippen molar-refractivity contribution in [1.29, 1.82) is 0 Å². The predicted octanol–water partition coefficient (Wildman–Crippen LogP) is 18.0. The molecule has 6 aromatic carbocycles. The molecule has 0 aliphatic heterocycles. The fourth-order valence-corrected chi connectivity index (χ4v) is 12.8. The molecule has 2 saturated carbocycles. The first-order valence-electron chi connectivity index (χ1n) is 26.8. The van der Waals surface area contributed by atoms with Crippen LogP contribution in [0.4, 0.5) is 0 Å². The van der Waals surface area contributed by atoms with Crippen molar-refractivity contribution >= 4 is 35.2 Å². The van der Waals surface area contributed by atoms with Gasteiger partial charge in [0.2, 0.25) is 0 Å². The molecule has 0 amide bonds. The third kappa shape index (κ3) is 12.7. The average molecular weight is 1160 g/mol. The summed E-state index contributed by atoms with van der Waals surface area (Å²) in [5.74, 6) is 2.07. The van der Waals surface area contributed by atoms with Crippen molar-refractivity contribution in [2.24, 2.45) is 11.8 Å². The van der Waals surface area contributed by atoms with E-state index in [9.17, 15) is 0 Å². The summed E-state index contributed by atoms with van der Waals surface area (Å²) in [4.78, 5) is 14.0. The van der Waals surface area contributed by atoms with Crippen LogP contribution in [0.25, 0.3) is 66.8 Å². The molecular formula is C68H69IrN3OSi. The van der Waals surface area contributed by atoms with E-state index in [1.54, 1.807) is 10.8 Å². The number of hydrogen-bond acceptors (Lipinski definition) is 4. The monoisotopic (exact) mass is 1160 g/mol. The van der Waals surface area contributed by atoms with Crippen LogP contribution in [-0.4, -0.2) is 23.0 Å². The molecule has 12 rings (SSSR count). The number of para-hydroxylation sites is 1. The van der Waals surface area contributed by atoms with Crippen molar-refractivity contribution in [3.63, 3.8) is 0 Å². The Hall–Kier alpha value is -6.56. The molecule has 1 atom stereocenters. The zero-order valence-corrected chi connectivity index (χ0v) is 46.9. The van der Waals surface area contributed by atoms with Gasteiger partial charge in [0.15, 0.2) is 0 Å². The van der Waals surface area contributed by atoms with Gasteiger partial charge in [0.1, 0.15) is 11.2 Å². The normalized spacial score (nSPS) is 14.2. The molecule has 0 spiro atoms. The molecule has 4 nitrogen and oxygen atoms in total. The molecule has 0 bridgehead atoms. The number of pyridine rings is 3. The SMILES string of the molecule is CC(c1ccccc1)c1ccnc(-c2cccc3c2oc2cccc(-c4ccccc4)c23)c1.C[Si](C)(C)c1cnc(-c2ccccc2)cc1CC1CCCC1.[Ir].c1ccc(-c2cc(CC3CCCC3)ccn2)cc1. The van der Waals surface area contributed by atoms with Crippen molar-refractivity contribution in [3.8, 4) is 44.9 Å². The smallest absolute Gasteiger partial charge is 0.144 e. The van der Waals surface area contributed by atoms with Gasteiger partial charge in [0.25, 0.3) is 0 Å². The van der Waals surface area contributed by atoms with E-state index in [1.807, 2.05) is 30.6 Å². The Morgan fingerprint density at radius 3 is 1.68 bits per heavy atom. The summed E-state index contributed by atoms with van der Waals surface area (Å²) in [5.41, 5.74) is 16.3. The zero-order valence-electron chi connectivity index (χ0n) is 43.5. The van der Waals surface area contributed by atoms with Gasteiger partial charge in [-0.25, -0.2) is 0 Å². The molecule has 0 N–H and O–H groups in total. The van der Waals surface area contributed by atoms with E-state index in [0.29, 0.717) is 0 Å². The Morgan fingerprint density at radius 1 is 0.500 bits per heavy atom. The average Bonchev–Trinajstić information content (AvgIpc) is 4.25. The summed E-state index contributed by atoms with van der Waals surface area (Å²) < 4.78 is 6.45. The van der Waals surface area contributed by atoms with E-state index in [4.69, 9.17) is 14.4 Å². The zero-order chi connectivity index (χ0) is 50.0. The minimum absolute atomic E-state index is 0. The quantitative estimate of drug-likeness (QED) is 0.121. The third-order valence-corrected chi connectivity index (χ3v) is 17.3. The number of aromatic nitrogens is 3. The number of nitrogens with zero attached hydrogens (tertiary/aromatic N) is 3. The van der Waals surface area contributed by atoms with Gasteiger partial charge in [0, 0.05) is 72.1 Å². The van der Waals surface area contributed by atoms with E-state index < -0.39 is 8.07 Å². The number of hydrogen-bond donors (Lipinski definition) is 0. The minimum Gasteiger partial charge on any atom is -0.455 e. The second-order valence-electron chi connectivity index (χ2n) is 21.4. The van der Waals surface area contributed by atoms with Crippen molar-refractivity contribution in [1.82, 2.24) is 15.0 Å². The van der Waals surface area contributed by atoms with E-state index >= 15 is 0 Å². The van der Waals surface area contributed by atoms with Crippen molar-refractivity contribution < 1.29 is 24.5 Å². The fraction of sp³-hybridized carbons (Fsp3) is 0.250. The van der Waals surface area contributed by atoms with Crippen molar-refractivity contribution in [3.05, 3.63) is 229 Å². The van der Waals surface area contributed by atoms with E-state index in [-0.39, 0.29) is 26.0 Å². The number of benzene rings is 6. The number of fused-ring (bicyclic) bond motifs is 3. The molecule has 375 valence electrons. The Balaban J connectivity index is 0.000000143. The maximum atomic E-state index is 6.45. The van der Waals surface area contributed by atoms with Crippen LogP contribution in [0.3, 0.4) is 0 Å². The first-order chi connectivity index (χ1) is 35.7. The van der Waals surface area contributed by atoms with Crippen LogP contribution in [0.15, 0.2) is 211 Å². The second kappa shape index (κ2) is 24.6. The molecule has 74 heavy (non-hydrogen) atoms. The van der Waals surface area contributed by atoms with Gasteiger partial charge >= 0.3 is 0 Å². The Bertz CT molecular complexity index is 3360. The molecule has 4 heterocycles. The Morgan fingerprint density at radius 2 is 1.04 bits per heavy atom. The number of furan rings is 1. The summed E-state index contributed by atoms with van der Waals surface area (Å²) >= 11 is 0. The summed E-state index contributed by atoms with van der Waals surface area (Å²) in [7, 11) is -1.34. The van der Waals surface area contributed by atoms with E-state index in [0.717, 1.165) is 56.4 Å². The van der Waals surface area contributed by atoms with Gasteiger partial charge < -0.3 is 4.42 Å². The van der Waals surface area contributed by atoms with Gasteiger partial charge in [-0.05, 0) is 106 Å². The van der Waals surface area contributed by atoms with Crippen LogP contribution in [0.1, 0.15) is 86.5 Å². The summed E-state index contributed by atoms with van der Waals surface area (Å²) in [5, 5.41) is 3.82. The molecule has 0 saturated heterocycles. The van der Waals surface area contributed by atoms with Crippen LogP contribution in [0.2, 0.25) is 19.6 Å². The Kier molecular flexibility index (Phi) is 17.4.